The van der Waals surface area contributed by atoms with Crippen molar-refractivity contribution in [2.75, 3.05) is 13.7 Å². The molecule has 1 N–H and O–H groups in total. The van der Waals surface area contributed by atoms with Crippen LogP contribution in [-0.4, -0.2) is 25.5 Å². The van der Waals surface area contributed by atoms with E-state index in [-0.39, 0.29) is 6.54 Å². The Hall–Kier alpha value is -1.52. The minimum Gasteiger partial charge on any atom is -0.468 e. The fourth-order valence-corrected chi connectivity index (χ4v) is 1.56. The summed E-state index contributed by atoms with van der Waals surface area (Å²) >= 11 is 11.7. The Balaban J connectivity index is 2.58. The number of esters is 1. The molecule has 0 saturated heterocycles. The number of amides is 1. The van der Waals surface area contributed by atoms with Crippen molar-refractivity contribution < 1.29 is 14.3 Å². The van der Waals surface area contributed by atoms with E-state index in [9.17, 15) is 9.59 Å². The Bertz CT molecular complexity index is 486. The van der Waals surface area contributed by atoms with E-state index in [0.29, 0.717) is 15.6 Å². The Morgan fingerprint density at radius 1 is 1.39 bits per heavy atom. The van der Waals surface area contributed by atoms with Crippen molar-refractivity contribution in [1.82, 2.24) is 5.32 Å². The van der Waals surface area contributed by atoms with Gasteiger partial charge in [0.15, 0.2) is 0 Å². The first-order valence-corrected chi connectivity index (χ1v) is 5.76. The van der Waals surface area contributed by atoms with Crippen LogP contribution in [0.2, 0.25) is 10.0 Å². The number of benzene rings is 1. The van der Waals surface area contributed by atoms with Crippen molar-refractivity contribution in [1.29, 1.82) is 0 Å². The molecule has 0 heterocycles. The summed E-state index contributed by atoms with van der Waals surface area (Å²) in [4.78, 5) is 22.1. The average molecular weight is 288 g/mol. The molecule has 0 fully saturated rings. The van der Waals surface area contributed by atoms with Crippen LogP contribution in [-0.2, 0) is 14.3 Å². The van der Waals surface area contributed by atoms with E-state index < -0.39 is 11.9 Å². The molecular weight excluding hydrogens is 277 g/mol. The molecule has 0 aromatic heterocycles. The average Bonchev–Trinajstić information content (AvgIpc) is 2.34. The van der Waals surface area contributed by atoms with Crippen molar-refractivity contribution in [3.8, 4) is 0 Å². The molecule has 0 saturated carbocycles. The molecular formula is C12H11Cl2NO3. The van der Waals surface area contributed by atoms with Crippen LogP contribution in [0.3, 0.4) is 0 Å². The Kier molecular flexibility index (Phi) is 5.68. The monoisotopic (exact) mass is 287 g/mol. The maximum atomic E-state index is 11.3. The maximum absolute atomic E-state index is 11.3. The van der Waals surface area contributed by atoms with Crippen molar-refractivity contribution in [3.05, 3.63) is 39.9 Å². The molecule has 0 aliphatic heterocycles. The molecule has 4 nitrogen and oxygen atoms in total. The summed E-state index contributed by atoms with van der Waals surface area (Å²) in [5.74, 6) is -0.923. The normalized spacial score (nSPS) is 10.4. The number of nitrogens with one attached hydrogen (secondary N) is 1. The predicted molar refractivity (Wildman–Crippen MR) is 70.5 cm³/mol. The van der Waals surface area contributed by atoms with Crippen LogP contribution < -0.4 is 5.32 Å². The Morgan fingerprint density at radius 2 is 2.11 bits per heavy atom. The highest BCUT2D eigenvalue weighted by atomic mass is 35.5. The quantitative estimate of drug-likeness (QED) is 0.683. The molecule has 1 aromatic rings. The second kappa shape index (κ2) is 7.03. The minimum atomic E-state index is -0.513. The first-order chi connectivity index (χ1) is 8.52. The first-order valence-electron chi connectivity index (χ1n) is 5.00. The largest absolute Gasteiger partial charge is 0.468 e. The number of hydrogen-bond acceptors (Lipinski definition) is 3. The van der Waals surface area contributed by atoms with Crippen molar-refractivity contribution in [3.63, 3.8) is 0 Å². The standard InChI is InChI=1S/C12H11Cl2NO3/c1-18-12(17)7-15-11(16)5-3-8-2-4-9(13)6-10(8)14/h2-6H,7H2,1H3,(H,15,16)/b5-3+. The highest BCUT2D eigenvalue weighted by molar-refractivity contribution is 6.35. The number of ether oxygens (including phenoxy) is 1. The van der Waals surface area contributed by atoms with Gasteiger partial charge in [-0.1, -0.05) is 29.3 Å². The smallest absolute Gasteiger partial charge is 0.325 e. The van der Waals surface area contributed by atoms with Gasteiger partial charge in [0, 0.05) is 16.1 Å². The predicted octanol–water partition coefficient (Wildman–Crippen LogP) is 2.30. The molecule has 1 amide bonds. The van der Waals surface area contributed by atoms with Gasteiger partial charge in [-0.3, -0.25) is 9.59 Å². The van der Waals surface area contributed by atoms with Gasteiger partial charge in [-0.2, -0.15) is 0 Å². The SMILES string of the molecule is COC(=O)CNC(=O)/C=C/c1ccc(Cl)cc1Cl. The van der Waals surface area contributed by atoms with Crippen LogP contribution in [0.15, 0.2) is 24.3 Å². The molecule has 6 heteroatoms. The van der Waals surface area contributed by atoms with E-state index >= 15 is 0 Å². The number of rotatable bonds is 4. The van der Waals surface area contributed by atoms with E-state index in [0.717, 1.165) is 0 Å². The molecule has 1 aromatic carbocycles. The lowest BCUT2D eigenvalue weighted by Gasteiger charge is -2.00. The Morgan fingerprint density at radius 3 is 2.72 bits per heavy atom. The zero-order valence-corrected chi connectivity index (χ0v) is 11.1. The maximum Gasteiger partial charge on any atom is 0.325 e. The molecule has 96 valence electrons. The number of halogens is 2. The zero-order chi connectivity index (χ0) is 13.5. The van der Waals surface area contributed by atoms with Crippen LogP contribution in [0.4, 0.5) is 0 Å². The van der Waals surface area contributed by atoms with E-state index in [1.54, 1.807) is 18.2 Å². The number of hydrogen-bond donors (Lipinski definition) is 1. The van der Waals surface area contributed by atoms with E-state index in [4.69, 9.17) is 23.2 Å². The molecule has 0 aliphatic rings. The van der Waals surface area contributed by atoms with Gasteiger partial charge in [0.1, 0.15) is 6.54 Å². The topological polar surface area (TPSA) is 55.4 Å². The minimum absolute atomic E-state index is 0.173. The fraction of sp³-hybridized carbons (Fsp3) is 0.167. The van der Waals surface area contributed by atoms with Crippen LogP contribution in [0, 0.1) is 0 Å². The van der Waals surface area contributed by atoms with Crippen molar-refractivity contribution in [2.45, 2.75) is 0 Å². The molecule has 1 rings (SSSR count). The molecule has 0 aliphatic carbocycles. The van der Waals surface area contributed by atoms with Gasteiger partial charge in [0.2, 0.25) is 5.91 Å². The van der Waals surface area contributed by atoms with E-state index in [2.05, 4.69) is 10.1 Å². The second-order valence-electron chi connectivity index (χ2n) is 3.29. The summed E-state index contributed by atoms with van der Waals surface area (Å²) in [6.07, 6.45) is 2.81. The molecule has 0 unspecified atom stereocenters. The number of carbonyl (C=O) groups is 2. The van der Waals surface area contributed by atoms with Crippen LogP contribution >= 0.6 is 23.2 Å². The van der Waals surface area contributed by atoms with Crippen LogP contribution in [0.5, 0.6) is 0 Å². The first kappa shape index (κ1) is 14.5. The van der Waals surface area contributed by atoms with E-state index in [1.807, 2.05) is 0 Å². The summed E-state index contributed by atoms with van der Waals surface area (Å²) in [7, 11) is 1.25. The van der Waals surface area contributed by atoms with Gasteiger partial charge in [-0.15, -0.1) is 0 Å². The molecule has 0 atom stereocenters. The highest BCUT2D eigenvalue weighted by Gasteiger charge is 2.02. The van der Waals surface area contributed by atoms with Gasteiger partial charge in [-0.25, -0.2) is 0 Å². The summed E-state index contributed by atoms with van der Waals surface area (Å²) < 4.78 is 4.38. The molecule has 0 spiro atoms. The van der Waals surface area contributed by atoms with Gasteiger partial charge in [0.05, 0.1) is 7.11 Å². The van der Waals surface area contributed by atoms with Crippen LogP contribution in [0.1, 0.15) is 5.56 Å². The number of methoxy groups -OCH3 is 1. The van der Waals surface area contributed by atoms with Gasteiger partial charge < -0.3 is 10.1 Å². The molecule has 18 heavy (non-hydrogen) atoms. The number of carbonyl (C=O) groups excluding carboxylic acids is 2. The summed E-state index contributed by atoms with van der Waals surface area (Å²) in [5, 5.41) is 3.33. The fourth-order valence-electron chi connectivity index (χ4n) is 1.09. The van der Waals surface area contributed by atoms with Crippen molar-refractivity contribution >= 4 is 41.2 Å². The van der Waals surface area contributed by atoms with Gasteiger partial charge in [0.25, 0.3) is 0 Å². The van der Waals surface area contributed by atoms with E-state index in [1.165, 1.54) is 19.3 Å². The summed E-state index contributed by atoms with van der Waals surface area (Å²) in [6, 6.07) is 4.93. The third-order valence-corrected chi connectivity index (χ3v) is 2.57. The third kappa shape index (κ3) is 4.77. The molecule has 0 bridgehead atoms. The van der Waals surface area contributed by atoms with Crippen LogP contribution in [0.25, 0.3) is 6.08 Å². The Labute approximate surface area is 115 Å². The lowest BCUT2D eigenvalue weighted by molar-refractivity contribution is -0.140. The second-order valence-corrected chi connectivity index (χ2v) is 4.14. The summed E-state index contributed by atoms with van der Waals surface area (Å²) in [5.41, 5.74) is 0.661. The van der Waals surface area contributed by atoms with Gasteiger partial charge in [-0.05, 0) is 23.8 Å². The zero-order valence-electron chi connectivity index (χ0n) is 9.57. The lowest BCUT2D eigenvalue weighted by Crippen LogP contribution is -2.28. The third-order valence-electron chi connectivity index (χ3n) is 2.01. The lowest BCUT2D eigenvalue weighted by atomic mass is 10.2. The molecule has 0 radical (unpaired) electrons. The van der Waals surface area contributed by atoms with Crippen molar-refractivity contribution in [2.24, 2.45) is 0 Å². The highest BCUT2D eigenvalue weighted by Crippen LogP contribution is 2.21. The van der Waals surface area contributed by atoms with Gasteiger partial charge >= 0.3 is 5.97 Å². The summed E-state index contributed by atoms with van der Waals surface area (Å²) in [6.45, 7) is -0.173.